The van der Waals surface area contributed by atoms with Gasteiger partial charge in [0, 0.05) is 0 Å². The van der Waals surface area contributed by atoms with Crippen molar-refractivity contribution in [1.82, 2.24) is 0 Å². The lowest BCUT2D eigenvalue weighted by atomic mass is 9.65. The fourth-order valence-corrected chi connectivity index (χ4v) is 6.22. The van der Waals surface area contributed by atoms with Crippen molar-refractivity contribution in [2.45, 2.75) is 51.7 Å². The van der Waals surface area contributed by atoms with Crippen molar-refractivity contribution in [1.29, 1.82) is 0 Å². The first kappa shape index (κ1) is 11.7. The molecule has 0 spiro atoms. The van der Waals surface area contributed by atoms with Gasteiger partial charge in [0.05, 0.1) is 6.61 Å². The molecule has 4 fully saturated rings. The van der Waals surface area contributed by atoms with Crippen LogP contribution in [0.15, 0.2) is 0 Å². The van der Waals surface area contributed by atoms with Gasteiger partial charge in [-0.15, -0.1) is 0 Å². The molecule has 4 aliphatic carbocycles. The maximum Gasteiger partial charge on any atom is 0.151 e. The molecule has 0 saturated heterocycles. The number of hydrogen-bond acceptors (Lipinski definition) is 2. The summed E-state index contributed by atoms with van der Waals surface area (Å²) in [6.45, 7) is 2.53. The molecule has 0 aromatic rings. The van der Waals surface area contributed by atoms with Crippen molar-refractivity contribution in [3.05, 3.63) is 0 Å². The summed E-state index contributed by atoms with van der Waals surface area (Å²) in [5, 5.41) is 9.29. The van der Waals surface area contributed by atoms with Gasteiger partial charge in [-0.2, -0.15) is 0 Å². The van der Waals surface area contributed by atoms with Crippen LogP contribution in [0.4, 0.5) is 0 Å². The molecule has 1 N–H and O–H groups in total. The van der Waals surface area contributed by atoms with Crippen molar-refractivity contribution in [3.63, 3.8) is 0 Å². The van der Waals surface area contributed by atoms with E-state index in [4.69, 9.17) is 4.74 Å². The molecule has 102 valence electrons. The normalized spacial score (nSPS) is 54.7. The van der Waals surface area contributed by atoms with Crippen molar-refractivity contribution in [3.8, 4) is 0 Å². The zero-order valence-electron chi connectivity index (χ0n) is 11.4. The smallest absolute Gasteiger partial charge is 0.151 e. The summed E-state index contributed by atoms with van der Waals surface area (Å²) in [4.78, 5) is 0. The third-order valence-electron chi connectivity index (χ3n) is 6.71. The van der Waals surface area contributed by atoms with E-state index < -0.39 is 6.29 Å². The van der Waals surface area contributed by atoms with E-state index >= 15 is 0 Å². The summed E-state index contributed by atoms with van der Waals surface area (Å²) in [7, 11) is 0. The molecule has 0 amide bonds. The number of hydrogen-bond donors (Lipinski definition) is 1. The summed E-state index contributed by atoms with van der Waals surface area (Å²) >= 11 is 0. The van der Waals surface area contributed by atoms with E-state index in [0.29, 0.717) is 0 Å². The average Bonchev–Trinajstić information content (AvgIpc) is 3.01. The minimum Gasteiger partial charge on any atom is -0.368 e. The van der Waals surface area contributed by atoms with Crippen molar-refractivity contribution in [2.24, 2.45) is 41.4 Å². The summed E-state index contributed by atoms with van der Waals surface area (Å²) in [5.41, 5.74) is 0. The largest absolute Gasteiger partial charge is 0.368 e. The predicted molar refractivity (Wildman–Crippen MR) is 69.8 cm³/mol. The van der Waals surface area contributed by atoms with E-state index in [1.165, 1.54) is 32.1 Å². The summed E-state index contributed by atoms with van der Waals surface area (Å²) in [6.07, 6.45) is 8.38. The number of aliphatic hydroxyl groups is 1. The Bertz CT molecular complexity index is 327. The Balaban J connectivity index is 1.46. The first-order chi connectivity index (χ1) is 8.72. The average molecular weight is 250 g/mol. The molecule has 0 heterocycles. The minimum absolute atomic E-state index is 0.582. The number of rotatable bonds is 3. The lowest BCUT2D eigenvalue weighted by Crippen LogP contribution is -2.32. The van der Waals surface area contributed by atoms with Crippen LogP contribution < -0.4 is 0 Å². The number of ether oxygens (including phenoxy) is 1. The summed E-state index contributed by atoms with van der Waals surface area (Å²) < 4.78 is 5.48. The molecular weight excluding hydrogens is 224 g/mol. The van der Waals surface area contributed by atoms with E-state index in [-0.39, 0.29) is 0 Å². The van der Waals surface area contributed by atoms with E-state index in [0.717, 1.165) is 48.0 Å². The first-order valence-corrected chi connectivity index (χ1v) is 8.02. The molecule has 4 aliphatic rings. The summed E-state index contributed by atoms with van der Waals surface area (Å²) in [5.74, 6) is 6.99. The molecule has 18 heavy (non-hydrogen) atoms. The molecule has 4 saturated carbocycles. The molecule has 0 aromatic heterocycles. The van der Waals surface area contributed by atoms with Crippen LogP contribution in [0.1, 0.15) is 45.4 Å². The van der Waals surface area contributed by atoms with Crippen LogP contribution in [0.3, 0.4) is 0 Å². The Morgan fingerprint density at radius 2 is 1.78 bits per heavy atom. The zero-order chi connectivity index (χ0) is 12.3. The Labute approximate surface area is 110 Å². The lowest BCUT2D eigenvalue weighted by molar-refractivity contribution is -0.0998. The monoisotopic (exact) mass is 250 g/mol. The number of fused-ring (bicyclic) bond motifs is 8. The highest BCUT2D eigenvalue weighted by Gasteiger charge is 2.56. The van der Waals surface area contributed by atoms with Gasteiger partial charge in [0.2, 0.25) is 0 Å². The lowest BCUT2D eigenvalue weighted by Gasteiger charge is -2.40. The van der Waals surface area contributed by atoms with Gasteiger partial charge in [0.15, 0.2) is 6.29 Å². The highest BCUT2D eigenvalue weighted by Crippen LogP contribution is 2.64. The van der Waals surface area contributed by atoms with Gasteiger partial charge in [0.1, 0.15) is 0 Å². The van der Waals surface area contributed by atoms with E-state index in [9.17, 15) is 5.11 Å². The van der Waals surface area contributed by atoms with Gasteiger partial charge in [0.25, 0.3) is 0 Å². The second-order valence-electron chi connectivity index (χ2n) is 7.49. The maximum absolute atomic E-state index is 9.29. The second-order valence-corrected chi connectivity index (χ2v) is 7.49. The Hall–Kier alpha value is -0.0800. The molecule has 8 atom stereocenters. The SMILES string of the molecule is CC(O)OCC1CC2CC1CC1C3CCC(C3)C21. The van der Waals surface area contributed by atoms with E-state index in [1.807, 2.05) is 0 Å². The molecule has 4 bridgehead atoms. The van der Waals surface area contributed by atoms with Crippen LogP contribution in [0.5, 0.6) is 0 Å². The van der Waals surface area contributed by atoms with Crippen LogP contribution in [0, 0.1) is 41.4 Å². The minimum atomic E-state index is -0.582. The molecule has 0 aromatic carbocycles. The maximum atomic E-state index is 9.29. The Morgan fingerprint density at radius 1 is 1.00 bits per heavy atom. The Kier molecular flexibility index (Phi) is 2.74. The molecule has 2 heteroatoms. The van der Waals surface area contributed by atoms with E-state index in [2.05, 4.69) is 0 Å². The van der Waals surface area contributed by atoms with Crippen LogP contribution in [0.25, 0.3) is 0 Å². The molecule has 2 nitrogen and oxygen atoms in total. The fourth-order valence-electron chi connectivity index (χ4n) is 6.22. The van der Waals surface area contributed by atoms with Gasteiger partial charge in [-0.3, -0.25) is 0 Å². The second kappa shape index (κ2) is 4.21. The first-order valence-electron chi connectivity index (χ1n) is 8.02. The number of aliphatic hydroxyl groups excluding tert-OH is 1. The molecule has 0 radical (unpaired) electrons. The van der Waals surface area contributed by atoms with Crippen molar-refractivity contribution < 1.29 is 9.84 Å². The van der Waals surface area contributed by atoms with Crippen LogP contribution in [-0.4, -0.2) is 18.0 Å². The highest BCUT2D eigenvalue weighted by molar-refractivity contribution is 5.06. The van der Waals surface area contributed by atoms with Crippen molar-refractivity contribution >= 4 is 0 Å². The third-order valence-corrected chi connectivity index (χ3v) is 6.71. The molecular formula is C16H26O2. The predicted octanol–water partition coefficient (Wildman–Crippen LogP) is 3.05. The van der Waals surface area contributed by atoms with Crippen LogP contribution in [-0.2, 0) is 4.74 Å². The van der Waals surface area contributed by atoms with Gasteiger partial charge in [-0.1, -0.05) is 0 Å². The van der Waals surface area contributed by atoms with Gasteiger partial charge >= 0.3 is 0 Å². The van der Waals surface area contributed by atoms with Gasteiger partial charge < -0.3 is 9.84 Å². The fraction of sp³-hybridized carbons (Fsp3) is 1.00. The quantitative estimate of drug-likeness (QED) is 0.780. The molecule has 0 aliphatic heterocycles. The molecule has 8 unspecified atom stereocenters. The Morgan fingerprint density at radius 3 is 2.61 bits per heavy atom. The van der Waals surface area contributed by atoms with Gasteiger partial charge in [-0.05, 0) is 86.9 Å². The standard InChI is InChI=1S/C16H26O2/c1-9(17)18-8-14-6-13-5-12(14)7-15-10-2-3-11(4-10)16(13)15/h9-17H,2-8H2,1H3. The third kappa shape index (κ3) is 1.68. The topological polar surface area (TPSA) is 29.5 Å². The van der Waals surface area contributed by atoms with Gasteiger partial charge in [-0.25, -0.2) is 0 Å². The highest BCUT2D eigenvalue weighted by atomic mass is 16.6. The summed E-state index contributed by atoms with van der Waals surface area (Å²) in [6, 6.07) is 0. The van der Waals surface area contributed by atoms with Crippen LogP contribution >= 0.6 is 0 Å². The van der Waals surface area contributed by atoms with E-state index in [1.54, 1.807) is 13.3 Å². The van der Waals surface area contributed by atoms with Crippen LogP contribution in [0.2, 0.25) is 0 Å². The van der Waals surface area contributed by atoms with Crippen molar-refractivity contribution in [2.75, 3.05) is 6.61 Å². The molecule has 4 rings (SSSR count). The zero-order valence-corrected chi connectivity index (χ0v) is 11.4.